The van der Waals surface area contributed by atoms with Gasteiger partial charge in [-0.15, -0.1) is 0 Å². The first-order valence-electron chi connectivity index (χ1n) is 8.89. The number of hydrogen-bond donors (Lipinski definition) is 0. The number of allylic oxidation sites excluding steroid dienone is 2. The molecule has 30 heavy (non-hydrogen) atoms. The van der Waals surface area contributed by atoms with Crippen molar-refractivity contribution in [3.05, 3.63) is 77.2 Å². The first kappa shape index (κ1) is 21.4. The van der Waals surface area contributed by atoms with E-state index in [1.807, 2.05) is 19.9 Å². The molecule has 10 nitrogen and oxygen atoms in total. The Morgan fingerprint density at radius 3 is 2.53 bits per heavy atom. The molecule has 11 heteroatoms. The van der Waals surface area contributed by atoms with Gasteiger partial charge in [0.2, 0.25) is 0 Å². The van der Waals surface area contributed by atoms with Gasteiger partial charge in [-0.1, -0.05) is 23.8 Å². The third-order valence-corrected chi connectivity index (χ3v) is 5.18. The number of fused-ring (bicyclic) bond motifs is 1. The highest BCUT2D eigenvalue weighted by molar-refractivity contribution is 9.10. The molecule has 0 radical (unpaired) electrons. The van der Waals surface area contributed by atoms with Crippen LogP contribution in [-0.4, -0.2) is 29.4 Å². The minimum atomic E-state index is -0.737. The number of rotatable bonds is 6. The van der Waals surface area contributed by atoms with Gasteiger partial charge in [-0.05, 0) is 35.8 Å². The summed E-state index contributed by atoms with van der Waals surface area (Å²) in [4.78, 5) is 53.4. The normalized spacial score (nSPS) is 10.9. The minimum Gasteiger partial charge on any atom is -0.309 e. The van der Waals surface area contributed by atoms with Gasteiger partial charge >= 0.3 is 5.69 Å². The lowest BCUT2D eigenvalue weighted by Gasteiger charge is -2.09. The zero-order chi connectivity index (χ0) is 22.2. The number of nitrogens with zero attached hydrogens (tertiary/aromatic N) is 5. The van der Waals surface area contributed by atoms with Crippen LogP contribution in [0.25, 0.3) is 11.2 Å². The molecule has 0 fully saturated rings. The van der Waals surface area contributed by atoms with Gasteiger partial charge in [0.05, 0.1) is 17.0 Å². The van der Waals surface area contributed by atoms with Gasteiger partial charge in [-0.3, -0.25) is 28.8 Å². The molecule has 0 aliphatic heterocycles. The van der Waals surface area contributed by atoms with Crippen LogP contribution < -0.4 is 11.2 Å². The van der Waals surface area contributed by atoms with E-state index >= 15 is 0 Å². The first-order valence-corrected chi connectivity index (χ1v) is 9.68. The maximum absolute atomic E-state index is 13.1. The molecule has 156 valence electrons. The van der Waals surface area contributed by atoms with Crippen LogP contribution >= 0.6 is 15.9 Å². The van der Waals surface area contributed by atoms with E-state index in [2.05, 4.69) is 20.9 Å². The number of ketones is 1. The van der Waals surface area contributed by atoms with E-state index in [-0.39, 0.29) is 22.4 Å². The molecule has 3 rings (SSSR count). The fraction of sp³-hybridized carbons (Fsp3) is 0.263. The fourth-order valence-electron chi connectivity index (χ4n) is 3.02. The number of hydrogen-bond acceptors (Lipinski definition) is 6. The highest BCUT2D eigenvalue weighted by atomic mass is 79.9. The monoisotopic (exact) mass is 475 g/mol. The Labute approximate surface area is 178 Å². The molecule has 1 aromatic carbocycles. The summed E-state index contributed by atoms with van der Waals surface area (Å²) in [6.45, 7) is 3.53. The molecule has 0 bridgehead atoms. The summed E-state index contributed by atoms with van der Waals surface area (Å²) in [5, 5.41) is 11.2. The minimum absolute atomic E-state index is 0.150. The number of carbonyl (C=O) groups excluding carboxylic acids is 1. The van der Waals surface area contributed by atoms with Crippen LogP contribution in [0.4, 0.5) is 5.69 Å². The standard InChI is InChI=1S/C19H18BrN5O5/c1-11(2)8-9-23-15-16(21-18(23)20)22(3)19(28)24(17(15)27)10-14(26)12-6-4-5-7-13(12)25(29)30/h4-8H,9-10H2,1-3H3. The molecule has 0 spiro atoms. The Balaban J connectivity index is 2.18. The number of para-hydroxylation sites is 1. The number of nitro benzene ring substituents is 1. The molecule has 0 N–H and O–H groups in total. The van der Waals surface area contributed by atoms with Gasteiger partial charge in [-0.2, -0.15) is 0 Å². The summed E-state index contributed by atoms with van der Waals surface area (Å²) in [5.41, 5.74) is -0.634. The van der Waals surface area contributed by atoms with Crippen LogP contribution in [0.15, 0.2) is 50.2 Å². The molecule has 2 heterocycles. The predicted molar refractivity (Wildman–Crippen MR) is 114 cm³/mol. The van der Waals surface area contributed by atoms with Crippen LogP contribution in [0.3, 0.4) is 0 Å². The highest BCUT2D eigenvalue weighted by Gasteiger charge is 2.23. The summed E-state index contributed by atoms with van der Waals surface area (Å²) < 4.78 is 3.91. The maximum Gasteiger partial charge on any atom is 0.332 e. The number of carbonyl (C=O) groups is 1. The van der Waals surface area contributed by atoms with Crippen LogP contribution in [-0.2, 0) is 20.1 Å². The molecule has 2 aromatic heterocycles. The zero-order valence-electron chi connectivity index (χ0n) is 16.5. The quantitative estimate of drug-likeness (QED) is 0.177. The predicted octanol–water partition coefficient (Wildman–Crippen LogP) is 2.42. The van der Waals surface area contributed by atoms with Crippen molar-refractivity contribution in [2.24, 2.45) is 7.05 Å². The molecule has 0 unspecified atom stereocenters. The van der Waals surface area contributed by atoms with E-state index < -0.39 is 28.5 Å². The van der Waals surface area contributed by atoms with Crippen molar-refractivity contribution < 1.29 is 9.72 Å². The second kappa shape index (κ2) is 8.19. The number of nitro groups is 1. The van der Waals surface area contributed by atoms with Gasteiger partial charge < -0.3 is 4.57 Å². The second-order valence-electron chi connectivity index (χ2n) is 6.88. The number of Topliss-reactive ketones (excluding diaryl/α,β-unsaturated/α-hetero) is 1. The molecule has 0 aliphatic carbocycles. The van der Waals surface area contributed by atoms with Crippen LogP contribution in [0.2, 0.25) is 0 Å². The summed E-state index contributed by atoms with van der Waals surface area (Å²) in [5.74, 6) is -0.713. The van der Waals surface area contributed by atoms with E-state index in [4.69, 9.17) is 0 Å². The molecule has 0 aliphatic rings. The summed E-state index contributed by atoms with van der Waals surface area (Å²) in [6, 6.07) is 5.41. The Morgan fingerprint density at radius 2 is 1.90 bits per heavy atom. The van der Waals surface area contributed by atoms with Crippen LogP contribution in [0, 0.1) is 10.1 Å². The Hall–Kier alpha value is -3.34. The summed E-state index contributed by atoms with van der Waals surface area (Å²) >= 11 is 3.31. The number of benzene rings is 1. The molecule has 3 aromatic rings. The molecule has 0 saturated carbocycles. The van der Waals surface area contributed by atoms with Crippen LogP contribution in [0.1, 0.15) is 24.2 Å². The van der Waals surface area contributed by atoms with E-state index in [0.29, 0.717) is 11.3 Å². The highest BCUT2D eigenvalue weighted by Crippen LogP contribution is 2.19. The molecule has 0 atom stereocenters. The van der Waals surface area contributed by atoms with Crippen LogP contribution in [0.5, 0.6) is 0 Å². The van der Waals surface area contributed by atoms with Gasteiger partial charge in [0.15, 0.2) is 21.7 Å². The Bertz CT molecular complexity index is 1330. The number of aryl methyl sites for hydroxylation is 1. The van der Waals surface area contributed by atoms with Gasteiger partial charge in [-0.25, -0.2) is 9.78 Å². The topological polar surface area (TPSA) is 122 Å². The van der Waals surface area contributed by atoms with Gasteiger partial charge in [0.25, 0.3) is 11.2 Å². The van der Waals surface area contributed by atoms with E-state index in [1.54, 1.807) is 4.57 Å². The smallest absolute Gasteiger partial charge is 0.309 e. The third-order valence-electron chi connectivity index (χ3n) is 4.57. The summed E-state index contributed by atoms with van der Waals surface area (Å²) in [6.07, 6.45) is 1.89. The molecule has 0 amide bonds. The van der Waals surface area contributed by atoms with E-state index in [1.165, 1.54) is 35.9 Å². The van der Waals surface area contributed by atoms with E-state index in [9.17, 15) is 24.5 Å². The molecule has 0 saturated heterocycles. The molecular weight excluding hydrogens is 458 g/mol. The number of halogens is 1. The SMILES string of the molecule is CC(C)=CCn1c(Br)nc2c1c(=O)n(CC(=O)c1ccccc1[N+](=O)[O-])c(=O)n2C. The van der Waals surface area contributed by atoms with Crippen molar-refractivity contribution in [3.8, 4) is 0 Å². The van der Waals surface area contributed by atoms with Crippen molar-refractivity contribution >= 4 is 38.6 Å². The van der Waals surface area contributed by atoms with Crippen molar-refractivity contribution in [1.82, 2.24) is 18.7 Å². The van der Waals surface area contributed by atoms with Gasteiger partial charge in [0.1, 0.15) is 0 Å². The van der Waals surface area contributed by atoms with Crippen molar-refractivity contribution in [2.75, 3.05) is 0 Å². The lowest BCUT2D eigenvalue weighted by Crippen LogP contribution is -2.41. The average Bonchev–Trinajstić information content (AvgIpc) is 3.04. The number of imidazole rings is 1. The first-order chi connectivity index (χ1) is 14.1. The molecular formula is C19H18BrN5O5. The lowest BCUT2D eigenvalue weighted by atomic mass is 10.1. The number of aromatic nitrogens is 4. The zero-order valence-corrected chi connectivity index (χ0v) is 18.0. The maximum atomic E-state index is 13.1. The third kappa shape index (κ3) is 3.75. The second-order valence-corrected chi connectivity index (χ2v) is 7.58. The van der Waals surface area contributed by atoms with Crippen molar-refractivity contribution in [2.45, 2.75) is 26.9 Å². The van der Waals surface area contributed by atoms with Crippen molar-refractivity contribution in [1.29, 1.82) is 0 Å². The summed E-state index contributed by atoms with van der Waals surface area (Å²) in [7, 11) is 1.45. The lowest BCUT2D eigenvalue weighted by molar-refractivity contribution is -0.385. The Kier molecular flexibility index (Phi) is 5.83. The van der Waals surface area contributed by atoms with E-state index in [0.717, 1.165) is 10.1 Å². The Morgan fingerprint density at radius 1 is 1.23 bits per heavy atom. The largest absolute Gasteiger partial charge is 0.332 e. The average molecular weight is 476 g/mol. The van der Waals surface area contributed by atoms with Crippen molar-refractivity contribution in [3.63, 3.8) is 0 Å². The van der Waals surface area contributed by atoms with Gasteiger partial charge in [0, 0.05) is 19.7 Å². The fourth-order valence-corrected chi connectivity index (χ4v) is 3.51.